The molecule has 2 aliphatic rings. The van der Waals surface area contributed by atoms with E-state index in [9.17, 15) is 4.79 Å². The molecule has 2 fully saturated rings. The second kappa shape index (κ2) is 12.0. The van der Waals surface area contributed by atoms with Crippen LogP contribution in [0, 0.1) is 23.7 Å². The van der Waals surface area contributed by atoms with Gasteiger partial charge in [-0.05, 0) is 54.7 Å². The Balaban J connectivity index is 0.00000196. The van der Waals surface area contributed by atoms with Gasteiger partial charge < -0.3 is 11.1 Å². The molecule has 2 unspecified atom stereocenters. The van der Waals surface area contributed by atoms with Gasteiger partial charge in [0.1, 0.15) is 0 Å². The fraction of sp³-hybridized carbons (Fsp3) is 0.682. The maximum absolute atomic E-state index is 12.6. The Hall–Kier alpha value is -0.810. The van der Waals surface area contributed by atoms with Crippen molar-refractivity contribution in [3.8, 4) is 0 Å². The molecule has 1 aliphatic carbocycles. The maximum atomic E-state index is 12.6. The minimum absolute atomic E-state index is 0. The lowest BCUT2D eigenvalue weighted by atomic mass is 9.91. The minimum atomic E-state index is 0. The summed E-state index contributed by atoms with van der Waals surface area (Å²) in [5, 5.41) is 3.19. The van der Waals surface area contributed by atoms with Crippen molar-refractivity contribution in [2.45, 2.75) is 52.6 Å². The van der Waals surface area contributed by atoms with Gasteiger partial charge in [-0.1, -0.05) is 44.5 Å². The van der Waals surface area contributed by atoms with Crippen LogP contribution in [0.15, 0.2) is 24.3 Å². The average Bonchev–Trinajstić information content (AvgIpc) is 3.08. The number of nitrogens with two attached hydrogens (primary N) is 1. The molecule has 160 valence electrons. The van der Waals surface area contributed by atoms with E-state index in [4.69, 9.17) is 5.73 Å². The summed E-state index contributed by atoms with van der Waals surface area (Å²) < 4.78 is 0. The van der Waals surface area contributed by atoms with Crippen LogP contribution in [0.4, 0.5) is 0 Å². The predicted molar refractivity (Wildman–Crippen MR) is 121 cm³/mol. The second-order valence-electron chi connectivity index (χ2n) is 8.66. The molecule has 1 saturated carbocycles. The van der Waals surface area contributed by atoms with Crippen molar-refractivity contribution >= 4 is 30.7 Å². The third kappa shape index (κ3) is 6.62. The van der Waals surface area contributed by atoms with Gasteiger partial charge in [0, 0.05) is 32.1 Å². The van der Waals surface area contributed by atoms with E-state index in [0.717, 1.165) is 37.6 Å². The number of rotatable bonds is 6. The van der Waals surface area contributed by atoms with Gasteiger partial charge in [0.2, 0.25) is 5.91 Å². The lowest BCUT2D eigenvalue weighted by molar-refractivity contribution is -0.126. The molecule has 0 aromatic heterocycles. The van der Waals surface area contributed by atoms with Gasteiger partial charge in [-0.3, -0.25) is 9.69 Å². The zero-order valence-corrected chi connectivity index (χ0v) is 18.9. The Labute approximate surface area is 182 Å². The molecule has 0 spiro atoms. The van der Waals surface area contributed by atoms with Gasteiger partial charge in [-0.2, -0.15) is 0 Å². The Morgan fingerprint density at radius 1 is 1.11 bits per heavy atom. The Kier molecular flexibility index (Phi) is 10.8. The number of halogens is 2. The molecule has 1 saturated heterocycles. The van der Waals surface area contributed by atoms with Crippen LogP contribution in [0.3, 0.4) is 0 Å². The van der Waals surface area contributed by atoms with Crippen molar-refractivity contribution in [2.75, 3.05) is 19.6 Å². The zero-order valence-electron chi connectivity index (χ0n) is 17.2. The predicted octanol–water partition coefficient (Wildman–Crippen LogP) is 4.00. The highest BCUT2D eigenvalue weighted by molar-refractivity contribution is 5.85. The maximum Gasteiger partial charge on any atom is 0.223 e. The van der Waals surface area contributed by atoms with Crippen molar-refractivity contribution in [2.24, 2.45) is 29.4 Å². The number of hydrogen-bond donors (Lipinski definition) is 2. The van der Waals surface area contributed by atoms with E-state index < -0.39 is 0 Å². The largest absolute Gasteiger partial charge is 0.352 e. The van der Waals surface area contributed by atoms with Crippen LogP contribution < -0.4 is 11.1 Å². The number of likely N-dealkylation sites (tertiary alicyclic amines) is 1. The first-order valence-corrected chi connectivity index (χ1v) is 10.3. The SMILES string of the molecule is CC1CC(C)CN(Cc2ccccc2CNC(=O)[C@@H]2CCC[C@@H]2CN)C1.Cl.Cl. The van der Waals surface area contributed by atoms with Crippen LogP contribution in [-0.4, -0.2) is 30.4 Å². The molecule has 3 rings (SSSR count). The average molecular weight is 430 g/mol. The van der Waals surface area contributed by atoms with Crippen LogP contribution in [-0.2, 0) is 17.9 Å². The van der Waals surface area contributed by atoms with Crippen LogP contribution >= 0.6 is 24.8 Å². The molecule has 1 amide bonds. The van der Waals surface area contributed by atoms with Gasteiger partial charge in [0.05, 0.1) is 0 Å². The minimum Gasteiger partial charge on any atom is -0.352 e. The van der Waals surface area contributed by atoms with E-state index in [1.807, 2.05) is 0 Å². The molecule has 1 heterocycles. The smallest absolute Gasteiger partial charge is 0.223 e. The number of carbonyl (C=O) groups excluding carboxylic acids is 1. The second-order valence-corrected chi connectivity index (χ2v) is 8.66. The quantitative estimate of drug-likeness (QED) is 0.717. The van der Waals surface area contributed by atoms with Crippen LogP contribution in [0.25, 0.3) is 0 Å². The van der Waals surface area contributed by atoms with E-state index in [-0.39, 0.29) is 36.6 Å². The van der Waals surface area contributed by atoms with E-state index in [2.05, 4.69) is 48.3 Å². The lowest BCUT2D eigenvalue weighted by Crippen LogP contribution is -2.38. The molecule has 0 bridgehead atoms. The molecular formula is C22H37Cl2N3O. The monoisotopic (exact) mass is 429 g/mol. The molecule has 1 aromatic carbocycles. The molecule has 6 heteroatoms. The molecule has 28 heavy (non-hydrogen) atoms. The number of hydrogen-bond acceptors (Lipinski definition) is 3. The summed E-state index contributed by atoms with van der Waals surface area (Å²) >= 11 is 0. The summed E-state index contributed by atoms with van der Waals surface area (Å²) in [4.78, 5) is 15.2. The first-order valence-electron chi connectivity index (χ1n) is 10.3. The van der Waals surface area contributed by atoms with E-state index in [0.29, 0.717) is 19.0 Å². The third-order valence-electron chi connectivity index (χ3n) is 6.21. The Morgan fingerprint density at radius 3 is 2.39 bits per heavy atom. The van der Waals surface area contributed by atoms with Crippen molar-refractivity contribution in [1.29, 1.82) is 0 Å². The first kappa shape index (κ1) is 25.2. The summed E-state index contributed by atoms with van der Waals surface area (Å²) in [5.74, 6) is 2.19. The van der Waals surface area contributed by atoms with Crippen molar-refractivity contribution in [3.05, 3.63) is 35.4 Å². The number of piperidine rings is 1. The van der Waals surface area contributed by atoms with Gasteiger partial charge in [0.15, 0.2) is 0 Å². The molecule has 4 nitrogen and oxygen atoms in total. The molecule has 0 radical (unpaired) electrons. The molecule has 4 atom stereocenters. The fourth-order valence-corrected chi connectivity index (χ4v) is 5.02. The van der Waals surface area contributed by atoms with Gasteiger partial charge in [0.25, 0.3) is 0 Å². The summed E-state index contributed by atoms with van der Waals surface area (Å²) in [6.07, 6.45) is 4.54. The third-order valence-corrected chi connectivity index (χ3v) is 6.21. The number of nitrogens with zero attached hydrogens (tertiary/aromatic N) is 1. The highest BCUT2D eigenvalue weighted by Gasteiger charge is 2.31. The number of carbonyl (C=O) groups is 1. The highest BCUT2D eigenvalue weighted by atomic mass is 35.5. The molecular weight excluding hydrogens is 393 g/mol. The fourth-order valence-electron chi connectivity index (χ4n) is 5.02. The van der Waals surface area contributed by atoms with Crippen molar-refractivity contribution < 1.29 is 4.79 Å². The number of amides is 1. The zero-order chi connectivity index (χ0) is 18.5. The van der Waals surface area contributed by atoms with Crippen LogP contribution in [0.5, 0.6) is 0 Å². The normalized spacial score (nSPS) is 27.5. The van der Waals surface area contributed by atoms with Crippen molar-refractivity contribution in [3.63, 3.8) is 0 Å². The van der Waals surface area contributed by atoms with Gasteiger partial charge in [-0.15, -0.1) is 24.8 Å². The topological polar surface area (TPSA) is 58.4 Å². The molecule has 1 aliphatic heterocycles. The van der Waals surface area contributed by atoms with Crippen LogP contribution in [0.1, 0.15) is 50.7 Å². The number of nitrogens with one attached hydrogen (secondary N) is 1. The van der Waals surface area contributed by atoms with Gasteiger partial charge >= 0.3 is 0 Å². The summed E-state index contributed by atoms with van der Waals surface area (Å²) in [6.45, 7) is 9.28. The summed E-state index contributed by atoms with van der Waals surface area (Å²) in [7, 11) is 0. The van der Waals surface area contributed by atoms with Crippen molar-refractivity contribution in [1.82, 2.24) is 10.2 Å². The number of benzene rings is 1. The van der Waals surface area contributed by atoms with E-state index in [1.165, 1.54) is 30.6 Å². The van der Waals surface area contributed by atoms with Gasteiger partial charge in [-0.25, -0.2) is 0 Å². The summed E-state index contributed by atoms with van der Waals surface area (Å²) in [6, 6.07) is 8.55. The lowest BCUT2D eigenvalue weighted by Gasteiger charge is -2.35. The molecule has 1 aromatic rings. The summed E-state index contributed by atoms with van der Waals surface area (Å²) in [5.41, 5.74) is 8.42. The Bertz CT molecular complexity index is 603. The standard InChI is InChI=1S/C22H35N3O.2ClH/c1-16-10-17(2)14-25(13-16)15-20-7-4-3-6-19(20)12-24-22(26)21-9-5-8-18(21)11-23;;/h3-4,6-7,16-18,21H,5,8-15,23H2,1-2H3,(H,24,26);2*1H/t16?,17?,18-,21-;;/m1../s1. The first-order chi connectivity index (χ1) is 12.6. The Morgan fingerprint density at radius 2 is 1.75 bits per heavy atom. The van der Waals surface area contributed by atoms with E-state index >= 15 is 0 Å². The van der Waals surface area contributed by atoms with Crippen LogP contribution in [0.2, 0.25) is 0 Å². The highest BCUT2D eigenvalue weighted by Crippen LogP contribution is 2.31. The molecule has 3 N–H and O–H groups in total. The van der Waals surface area contributed by atoms with E-state index in [1.54, 1.807) is 0 Å².